The Balaban J connectivity index is 1.27. The predicted octanol–water partition coefficient (Wildman–Crippen LogP) is 4.06. The standard InChI is InChI=1S/C25H27F2N5O2/c1-32-14-19(13-31-32)16-4-5-17(23(28)10-16)12-29-20-6-2-15(3-7-20)11-30-25(34)18-8-21(26)24(33)22(27)9-18/h4-5,8-10,12-15,20,33H,2-3,6-7,11,28H2,1H3,(H,30,34). The number of carbonyl (C=O) groups excluding carboxylic acids is 1. The molecule has 1 aliphatic carbocycles. The summed E-state index contributed by atoms with van der Waals surface area (Å²) in [5.41, 5.74) is 9.61. The van der Waals surface area contributed by atoms with E-state index in [9.17, 15) is 13.6 Å². The van der Waals surface area contributed by atoms with E-state index < -0.39 is 23.3 Å². The van der Waals surface area contributed by atoms with E-state index in [-0.39, 0.29) is 17.5 Å². The molecule has 1 amide bonds. The summed E-state index contributed by atoms with van der Waals surface area (Å²) in [7, 11) is 1.87. The van der Waals surface area contributed by atoms with E-state index >= 15 is 0 Å². The maximum absolute atomic E-state index is 13.5. The monoisotopic (exact) mass is 467 g/mol. The highest BCUT2D eigenvalue weighted by Gasteiger charge is 2.22. The molecule has 1 aromatic heterocycles. The number of phenolic OH excluding ortho intramolecular Hbond substituents is 1. The van der Waals surface area contributed by atoms with Crippen LogP contribution in [0.1, 0.15) is 41.6 Å². The number of aromatic hydroxyl groups is 1. The van der Waals surface area contributed by atoms with Crippen molar-refractivity contribution in [1.82, 2.24) is 15.1 Å². The molecule has 178 valence electrons. The third-order valence-corrected chi connectivity index (χ3v) is 6.20. The van der Waals surface area contributed by atoms with E-state index in [1.807, 2.05) is 37.7 Å². The third-order valence-electron chi connectivity index (χ3n) is 6.20. The van der Waals surface area contributed by atoms with Crippen molar-refractivity contribution < 1.29 is 18.7 Å². The van der Waals surface area contributed by atoms with Crippen molar-refractivity contribution in [1.29, 1.82) is 0 Å². The number of nitrogen functional groups attached to an aromatic ring is 1. The Labute approximate surface area is 196 Å². The van der Waals surface area contributed by atoms with Crippen LogP contribution >= 0.6 is 0 Å². The lowest BCUT2D eigenvalue weighted by Crippen LogP contribution is -2.32. The Morgan fingerprint density at radius 3 is 2.53 bits per heavy atom. The molecule has 0 atom stereocenters. The molecule has 4 N–H and O–H groups in total. The van der Waals surface area contributed by atoms with Crippen molar-refractivity contribution in [3.8, 4) is 16.9 Å². The first-order valence-electron chi connectivity index (χ1n) is 11.2. The Morgan fingerprint density at radius 1 is 1.21 bits per heavy atom. The summed E-state index contributed by atoms with van der Waals surface area (Å²) >= 11 is 0. The van der Waals surface area contributed by atoms with Gasteiger partial charge in [-0.3, -0.25) is 14.5 Å². The molecular weight excluding hydrogens is 440 g/mol. The molecule has 0 bridgehead atoms. The van der Waals surface area contributed by atoms with Gasteiger partial charge in [0.1, 0.15) is 0 Å². The number of aromatic nitrogens is 2. The molecule has 1 aliphatic rings. The van der Waals surface area contributed by atoms with Crippen LogP contribution in [0.2, 0.25) is 0 Å². The number of halogens is 2. The summed E-state index contributed by atoms with van der Waals surface area (Å²) in [4.78, 5) is 16.9. The van der Waals surface area contributed by atoms with Crippen LogP contribution in [0.3, 0.4) is 0 Å². The molecule has 0 unspecified atom stereocenters. The van der Waals surface area contributed by atoms with Gasteiger partial charge in [0.05, 0.1) is 6.20 Å². The number of nitrogens with zero attached hydrogens (tertiary/aromatic N) is 3. The van der Waals surface area contributed by atoms with Crippen LogP contribution in [0.25, 0.3) is 11.1 Å². The van der Waals surface area contributed by atoms with E-state index in [0.29, 0.717) is 12.2 Å². The second kappa shape index (κ2) is 10.0. The summed E-state index contributed by atoms with van der Waals surface area (Å²) in [6.45, 7) is 0.419. The van der Waals surface area contributed by atoms with Gasteiger partial charge >= 0.3 is 0 Å². The minimum absolute atomic E-state index is 0.154. The fraction of sp³-hybridized carbons (Fsp3) is 0.320. The minimum atomic E-state index is -1.16. The Hall–Kier alpha value is -3.75. The van der Waals surface area contributed by atoms with Crippen molar-refractivity contribution in [3.63, 3.8) is 0 Å². The van der Waals surface area contributed by atoms with Gasteiger partial charge in [-0.1, -0.05) is 12.1 Å². The molecule has 2 aromatic carbocycles. The van der Waals surface area contributed by atoms with Crippen LogP contribution in [0.15, 0.2) is 47.7 Å². The van der Waals surface area contributed by atoms with Crippen molar-refractivity contribution in [3.05, 3.63) is 65.5 Å². The molecule has 9 heteroatoms. The van der Waals surface area contributed by atoms with Gasteiger partial charge in [-0.2, -0.15) is 5.10 Å². The zero-order valence-electron chi connectivity index (χ0n) is 18.8. The zero-order valence-corrected chi connectivity index (χ0v) is 18.8. The molecule has 34 heavy (non-hydrogen) atoms. The van der Waals surface area contributed by atoms with Crippen LogP contribution in [-0.2, 0) is 7.05 Å². The second-order valence-electron chi connectivity index (χ2n) is 8.70. The Morgan fingerprint density at radius 2 is 1.91 bits per heavy atom. The van der Waals surface area contributed by atoms with Gasteiger partial charge in [0.2, 0.25) is 0 Å². The second-order valence-corrected chi connectivity index (χ2v) is 8.70. The highest BCUT2D eigenvalue weighted by atomic mass is 19.1. The smallest absolute Gasteiger partial charge is 0.251 e. The number of amides is 1. The lowest BCUT2D eigenvalue weighted by Gasteiger charge is -2.26. The van der Waals surface area contributed by atoms with Gasteiger partial charge in [0.25, 0.3) is 5.91 Å². The maximum Gasteiger partial charge on any atom is 0.251 e. The lowest BCUT2D eigenvalue weighted by atomic mass is 9.86. The largest absolute Gasteiger partial charge is 0.503 e. The van der Waals surface area contributed by atoms with E-state index in [2.05, 4.69) is 10.4 Å². The summed E-state index contributed by atoms with van der Waals surface area (Å²) in [5.74, 6) is -3.69. The lowest BCUT2D eigenvalue weighted by molar-refractivity contribution is 0.0942. The first-order valence-corrected chi connectivity index (χ1v) is 11.2. The number of aryl methyl sites for hydroxylation is 1. The van der Waals surface area contributed by atoms with Gasteiger partial charge in [0.15, 0.2) is 17.4 Å². The maximum atomic E-state index is 13.5. The molecule has 0 radical (unpaired) electrons. The normalized spacial score (nSPS) is 18.3. The molecule has 1 heterocycles. The number of anilines is 1. The third kappa shape index (κ3) is 5.41. The summed E-state index contributed by atoms with van der Waals surface area (Å²) in [6, 6.07) is 7.72. The van der Waals surface area contributed by atoms with Crippen LogP contribution in [0.4, 0.5) is 14.5 Å². The molecular formula is C25H27F2N5O2. The summed E-state index contributed by atoms with van der Waals surface area (Å²) in [6.07, 6.45) is 9.09. The molecule has 1 saturated carbocycles. The van der Waals surface area contributed by atoms with Crippen LogP contribution in [0.5, 0.6) is 5.75 Å². The number of nitrogens with two attached hydrogens (primary N) is 1. The number of carbonyl (C=O) groups is 1. The van der Waals surface area contributed by atoms with E-state index in [1.165, 1.54) is 0 Å². The first-order chi connectivity index (χ1) is 16.3. The average molecular weight is 468 g/mol. The molecule has 1 fully saturated rings. The van der Waals surface area contributed by atoms with Crippen molar-refractivity contribution in [2.24, 2.45) is 18.0 Å². The van der Waals surface area contributed by atoms with E-state index in [0.717, 1.165) is 54.5 Å². The summed E-state index contributed by atoms with van der Waals surface area (Å²) < 4.78 is 28.7. The fourth-order valence-corrected chi connectivity index (χ4v) is 4.16. The van der Waals surface area contributed by atoms with Crippen molar-refractivity contribution in [2.45, 2.75) is 31.7 Å². The molecule has 0 spiro atoms. The average Bonchev–Trinajstić information content (AvgIpc) is 3.26. The highest BCUT2D eigenvalue weighted by Crippen LogP contribution is 2.27. The van der Waals surface area contributed by atoms with Gasteiger partial charge in [-0.25, -0.2) is 8.78 Å². The Kier molecular flexibility index (Phi) is 6.90. The Bertz CT molecular complexity index is 1190. The number of rotatable bonds is 6. The van der Waals surface area contributed by atoms with Gasteiger partial charge in [0, 0.05) is 54.4 Å². The molecule has 0 saturated heterocycles. The number of nitrogens with one attached hydrogen (secondary N) is 1. The fourth-order valence-electron chi connectivity index (χ4n) is 4.16. The molecule has 4 rings (SSSR count). The SMILES string of the molecule is Cn1cc(-c2ccc(C=NC3CCC(CNC(=O)c4cc(F)c(O)c(F)c4)CC3)c(N)c2)cn1. The minimum Gasteiger partial charge on any atom is -0.503 e. The van der Waals surface area contributed by atoms with Crippen LogP contribution in [-0.4, -0.2) is 39.6 Å². The molecule has 0 aliphatic heterocycles. The number of benzene rings is 2. The van der Waals surface area contributed by atoms with Crippen molar-refractivity contribution in [2.75, 3.05) is 12.3 Å². The van der Waals surface area contributed by atoms with Gasteiger partial charge in [-0.15, -0.1) is 0 Å². The van der Waals surface area contributed by atoms with Gasteiger partial charge in [-0.05, 0) is 55.4 Å². The first kappa shape index (κ1) is 23.4. The number of hydrogen-bond donors (Lipinski definition) is 3. The highest BCUT2D eigenvalue weighted by molar-refractivity contribution is 5.94. The number of aliphatic imine (C=N–C) groups is 1. The molecule has 3 aromatic rings. The number of phenols is 1. The van der Waals surface area contributed by atoms with Crippen molar-refractivity contribution >= 4 is 17.8 Å². The van der Waals surface area contributed by atoms with E-state index in [4.69, 9.17) is 15.8 Å². The zero-order chi connectivity index (χ0) is 24.2. The molecule has 7 nitrogen and oxygen atoms in total. The van der Waals surface area contributed by atoms with Crippen LogP contribution < -0.4 is 11.1 Å². The summed E-state index contributed by atoms with van der Waals surface area (Å²) in [5, 5.41) is 16.1. The van der Waals surface area contributed by atoms with E-state index in [1.54, 1.807) is 10.9 Å². The topological polar surface area (TPSA) is 106 Å². The predicted molar refractivity (Wildman–Crippen MR) is 127 cm³/mol. The number of hydrogen-bond acceptors (Lipinski definition) is 5. The van der Waals surface area contributed by atoms with Gasteiger partial charge < -0.3 is 16.2 Å². The quantitative estimate of drug-likeness (QED) is 0.376. The van der Waals surface area contributed by atoms with Crippen LogP contribution in [0, 0.1) is 17.6 Å².